The van der Waals surface area contributed by atoms with E-state index in [9.17, 15) is 4.79 Å². The Kier molecular flexibility index (Phi) is 4.36. The van der Waals surface area contributed by atoms with E-state index in [-0.39, 0.29) is 12.6 Å². The second-order valence-corrected chi connectivity index (χ2v) is 5.76. The highest BCUT2D eigenvalue weighted by Gasteiger charge is 2.07. The number of nitrogens with one attached hydrogen (secondary N) is 2. The summed E-state index contributed by atoms with van der Waals surface area (Å²) in [5.41, 5.74) is 2.16. The van der Waals surface area contributed by atoms with Gasteiger partial charge in [-0.25, -0.2) is 14.8 Å². The molecule has 2 aromatic heterocycles. The number of hydrogen-bond acceptors (Lipinski definition) is 3. The molecule has 2 amide bonds. The van der Waals surface area contributed by atoms with Crippen LogP contribution in [0.2, 0.25) is 10.0 Å². The second kappa shape index (κ2) is 6.44. The van der Waals surface area contributed by atoms with Crippen molar-refractivity contribution < 1.29 is 4.79 Å². The van der Waals surface area contributed by atoms with Crippen LogP contribution in [0.5, 0.6) is 0 Å². The van der Waals surface area contributed by atoms with E-state index in [2.05, 4.69) is 20.6 Å². The van der Waals surface area contributed by atoms with Crippen LogP contribution in [0.15, 0.2) is 36.7 Å². The van der Waals surface area contributed by atoms with Crippen molar-refractivity contribution in [2.45, 2.75) is 13.5 Å². The summed E-state index contributed by atoms with van der Waals surface area (Å²) in [5, 5.41) is 6.22. The Morgan fingerprint density at radius 1 is 1.22 bits per heavy atom. The fourth-order valence-corrected chi connectivity index (χ4v) is 2.31. The van der Waals surface area contributed by atoms with Crippen molar-refractivity contribution in [2.24, 2.45) is 0 Å². The van der Waals surface area contributed by atoms with Crippen LogP contribution in [0, 0.1) is 6.92 Å². The van der Waals surface area contributed by atoms with Gasteiger partial charge in [0.25, 0.3) is 0 Å². The van der Waals surface area contributed by atoms with Crippen molar-refractivity contribution in [1.29, 1.82) is 0 Å². The summed E-state index contributed by atoms with van der Waals surface area (Å²) in [6, 6.07) is 6.41. The summed E-state index contributed by atoms with van der Waals surface area (Å²) in [5.74, 6) is 0.603. The number of amides is 2. The largest absolute Gasteiger partial charge is 0.332 e. The summed E-state index contributed by atoms with van der Waals surface area (Å²) < 4.78 is 1.81. The zero-order chi connectivity index (χ0) is 16.4. The topological polar surface area (TPSA) is 71.3 Å². The summed E-state index contributed by atoms with van der Waals surface area (Å²) in [6.45, 7) is 2.19. The first kappa shape index (κ1) is 15.6. The molecular weight excluding hydrogens is 337 g/mol. The number of hydrogen-bond donors (Lipinski definition) is 2. The van der Waals surface area contributed by atoms with E-state index >= 15 is 0 Å². The average Bonchev–Trinajstić information content (AvgIpc) is 2.91. The molecule has 6 nitrogen and oxygen atoms in total. The molecule has 2 heterocycles. The molecule has 1 aromatic carbocycles. The highest BCUT2D eigenvalue weighted by Crippen LogP contribution is 2.24. The molecule has 2 N–H and O–H groups in total. The minimum absolute atomic E-state index is 0.287. The number of urea groups is 1. The van der Waals surface area contributed by atoms with Gasteiger partial charge in [-0.05, 0) is 31.2 Å². The van der Waals surface area contributed by atoms with Crippen molar-refractivity contribution in [1.82, 2.24) is 19.7 Å². The van der Waals surface area contributed by atoms with Gasteiger partial charge in [-0.3, -0.25) is 4.40 Å². The first-order valence-electron chi connectivity index (χ1n) is 6.82. The molecule has 0 atom stereocenters. The number of carbonyl (C=O) groups excluding carboxylic acids is 1. The van der Waals surface area contributed by atoms with Crippen molar-refractivity contribution >= 4 is 40.7 Å². The van der Waals surface area contributed by atoms with Crippen LogP contribution in [0.1, 0.15) is 11.4 Å². The number of rotatable bonds is 3. The fraction of sp³-hybridized carbons (Fsp3) is 0.133. The lowest BCUT2D eigenvalue weighted by atomic mass is 10.3. The molecular formula is C15H13Cl2N5O. The van der Waals surface area contributed by atoms with Crippen molar-refractivity contribution in [3.63, 3.8) is 0 Å². The number of halogens is 2. The first-order valence-corrected chi connectivity index (χ1v) is 7.58. The maximum Gasteiger partial charge on any atom is 0.319 e. The lowest BCUT2D eigenvalue weighted by molar-refractivity contribution is 0.251. The van der Waals surface area contributed by atoms with Gasteiger partial charge in [0.15, 0.2) is 0 Å². The van der Waals surface area contributed by atoms with Gasteiger partial charge in [0.05, 0.1) is 22.3 Å². The molecule has 8 heteroatoms. The average molecular weight is 350 g/mol. The number of fused-ring (bicyclic) bond motifs is 1. The van der Waals surface area contributed by atoms with Gasteiger partial charge >= 0.3 is 6.03 Å². The maximum absolute atomic E-state index is 11.9. The number of anilines is 1. The van der Waals surface area contributed by atoms with E-state index in [1.54, 1.807) is 22.6 Å². The quantitative estimate of drug-likeness (QED) is 0.757. The Bertz CT molecular complexity index is 877. The minimum Gasteiger partial charge on any atom is -0.332 e. The number of nitrogens with zero attached hydrogens (tertiary/aromatic N) is 3. The Labute approximate surface area is 142 Å². The van der Waals surface area contributed by atoms with Crippen molar-refractivity contribution in [2.75, 3.05) is 5.32 Å². The van der Waals surface area contributed by atoms with E-state index in [0.29, 0.717) is 27.2 Å². The summed E-state index contributed by atoms with van der Waals surface area (Å²) in [4.78, 5) is 20.6. The Hall–Kier alpha value is -2.31. The van der Waals surface area contributed by atoms with Gasteiger partial charge < -0.3 is 10.6 Å². The number of benzene rings is 1. The standard InChI is InChI=1S/C15H13Cl2N5O/c1-9-4-5-22-8-11(20-14(22)19-9)7-18-15(23)21-10-2-3-12(16)13(17)6-10/h2-6,8H,7H2,1H3,(H2,18,21,23). The van der Waals surface area contributed by atoms with E-state index in [1.165, 1.54) is 0 Å². The Morgan fingerprint density at radius 2 is 2.04 bits per heavy atom. The normalized spacial score (nSPS) is 10.7. The Morgan fingerprint density at radius 3 is 2.83 bits per heavy atom. The van der Waals surface area contributed by atoms with Crippen molar-refractivity contribution in [3.8, 4) is 0 Å². The van der Waals surface area contributed by atoms with Crippen LogP contribution in [-0.4, -0.2) is 20.4 Å². The van der Waals surface area contributed by atoms with Crippen LogP contribution in [0.3, 0.4) is 0 Å². The van der Waals surface area contributed by atoms with Gasteiger partial charge in [0.1, 0.15) is 0 Å². The molecule has 0 aliphatic carbocycles. The zero-order valence-electron chi connectivity index (χ0n) is 12.2. The molecule has 0 saturated heterocycles. The second-order valence-electron chi connectivity index (χ2n) is 4.94. The number of aromatic nitrogens is 3. The number of aryl methyl sites for hydroxylation is 1. The molecule has 3 rings (SSSR count). The highest BCUT2D eigenvalue weighted by atomic mass is 35.5. The fourth-order valence-electron chi connectivity index (χ4n) is 2.01. The molecule has 0 bridgehead atoms. The SMILES string of the molecule is Cc1ccn2cc(CNC(=O)Nc3ccc(Cl)c(Cl)c3)nc2n1. The predicted octanol–water partition coefficient (Wildman–Crippen LogP) is 3.67. The molecule has 0 radical (unpaired) electrons. The van der Waals surface area contributed by atoms with Gasteiger partial charge in [-0.15, -0.1) is 0 Å². The van der Waals surface area contributed by atoms with Gasteiger partial charge in [0.2, 0.25) is 5.78 Å². The Balaban J connectivity index is 1.62. The smallest absolute Gasteiger partial charge is 0.319 e. The number of imidazole rings is 1. The van der Waals surface area contributed by atoms with Gasteiger partial charge in [-0.2, -0.15) is 0 Å². The third-order valence-corrected chi connectivity index (χ3v) is 3.86. The lowest BCUT2D eigenvalue weighted by Gasteiger charge is -2.07. The third-order valence-electron chi connectivity index (χ3n) is 3.12. The van der Waals surface area contributed by atoms with Gasteiger partial charge in [0, 0.05) is 23.8 Å². The zero-order valence-corrected chi connectivity index (χ0v) is 13.7. The van der Waals surface area contributed by atoms with E-state index in [1.807, 2.05) is 25.4 Å². The maximum atomic E-state index is 11.9. The highest BCUT2D eigenvalue weighted by molar-refractivity contribution is 6.42. The van der Waals surface area contributed by atoms with Crippen molar-refractivity contribution in [3.05, 3.63) is 58.1 Å². The molecule has 3 aromatic rings. The van der Waals surface area contributed by atoms with Gasteiger partial charge in [-0.1, -0.05) is 23.2 Å². The summed E-state index contributed by atoms with van der Waals surface area (Å²) >= 11 is 11.7. The molecule has 0 unspecified atom stereocenters. The lowest BCUT2D eigenvalue weighted by Crippen LogP contribution is -2.28. The minimum atomic E-state index is -0.357. The van der Waals surface area contributed by atoms with E-state index in [4.69, 9.17) is 23.2 Å². The molecule has 0 aliphatic rings. The summed E-state index contributed by atoms with van der Waals surface area (Å²) in [6.07, 6.45) is 3.70. The first-order chi connectivity index (χ1) is 11.0. The van der Waals surface area contributed by atoms with Crippen LogP contribution in [0.25, 0.3) is 5.78 Å². The summed E-state index contributed by atoms with van der Waals surface area (Å²) in [7, 11) is 0. The molecule has 0 aliphatic heterocycles. The molecule has 0 fully saturated rings. The van der Waals surface area contributed by atoms with Crippen LogP contribution >= 0.6 is 23.2 Å². The third kappa shape index (κ3) is 3.72. The van der Waals surface area contributed by atoms with E-state index < -0.39 is 0 Å². The van der Waals surface area contributed by atoms with Crippen LogP contribution in [-0.2, 0) is 6.54 Å². The molecule has 118 valence electrons. The predicted molar refractivity (Wildman–Crippen MR) is 90.0 cm³/mol. The molecule has 0 saturated carbocycles. The monoisotopic (exact) mass is 349 g/mol. The van der Waals surface area contributed by atoms with Crippen LogP contribution < -0.4 is 10.6 Å². The molecule has 23 heavy (non-hydrogen) atoms. The molecule has 0 spiro atoms. The number of carbonyl (C=O) groups is 1. The van der Waals surface area contributed by atoms with E-state index in [0.717, 1.165) is 5.69 Å². The van der Waals surface area contributed by atoms with Crippen LogP contribution in [0.4, 0.5) is 10.5 Å².